The Kier molecular flexibility index (Phi) is 4.31. The zero-order valence-corrected chi connectivity index (χ0v) is 10.7. The van der Waals surface area contributed by atoms with E-state index in [2.05, 4.69) is 12.2 Å². The number of hydrogen-bond donors (Lipinski definition) is 1. The van der Waals surface area contributed by atoms with E-state index in [9.17, 15) is 9.18 Å². The number of benzene rings is 1. The number of carbonyl (C=O) groups excluding carboxylic acids is 1. The van der Waals surface area contributed by atoms with Gasteiger partial charge in [-0.05, 0) is 43.1 Å². The largest absolute Gasteiger partial charge is 0.315 e. The fourth-order valence-corrected chi connectivity index (χ4v) is 2.27. The fourth-order valence-electron chi connectivity index (χ4n) is 2.27. The number of nitrogens with zero attached hydrogens (tertiary/aromatic N) is 1. The van der Waals surface area contributed by atoms with Gasteiger partial charge >= 0.3 is 0 Å². The molecule has 1 heterocycles. The molecule has 0 radical (unpaired) electrons. The van der Waals surface area contributed by atoms with Crippen LogP contribution in [0.3, 0.4) is 0 Å². The van der Waals surface area contributed by atoms with Gasteiger partial charge in [-0.15, -0.1) is 0 Å². The van der Waals surface area contributed by atoms with Crippen LogP contribution in [0, 0.1) is 5.82 Å². The van der Waals surface area contributed by atoms with Gasteiger partial charge in [-0.25, -0.2) is 4.39 Å². The minimum atomic E-state index is -0.229. The average molecular weight is 250 g/mol. The molecular weight excluding hydrogens is 231 g/mol. The number of amides is 1. The Morgan fingerprint density at radius 3 is 2.94 bits per heavy atom. The van der Waals surface area contributed by atoms with E-state index in [4.69, 9.17) is 0 Å². The van der Waals surface area contributed by atoms with Crippen molar-refractivity contribution >= 4 is 11.6 Å². The Labute approximate surface area is 107 Å². The molecule has 0 atom stereocenters. The minimum absolute atomic E-state index is 0.132. The normalized spacial score (nSPS) is 14.8. The number of rotatable bonds is 5. The van der Waals surface area contributed by atoms with Gasteiger partial charge in [0.2, 0.25) is 5.91 Å². The number of nitrogens with one attached hydrogen (secondary N) is 1. The molecule has 1 aromatic carbocycles. The molecule has 1 aliphatic rings. The monoisotopic (exact) mass is 250 g/mol. The Morgan fingerprint density at radius 2 is 2.17 bits per heavy atom. The maximum Gasteiger partial charge on any atom is 0.227 e. The van der Waals surface area contributed by atoms with Crippen LogP contribution in [0.4, 0.5) is 10.1 Å². The molecule has 2 rings (SSSR count). The van der Waals surface area contributed by atoms with Crippen molar-refractivity contribution in [3.63, 3.8) is 0 Å². The first-order valence-electron chi connectivity index (χ1n) is 6.52. The summed E-state index contributed by atoms with van der Waals surface area (Å²) < 4.78 is 13.2. The summed E-state index contributed by atoms with van der Waals surface area (Å²) in [5.74, 6) is -0.0976. The number of hydrogen-bond acceptors (Lipinski definition) is 2. The molecule has 1 aliphatic heterocycles. The van der Waals surface area contributed by atoms with Crippen LogP contribution in [-0.4, -0.2) is 25.5 Å². The quantitative estimate of drug-likeness (QED) is 0.812. The average Bonchev–Trinajstić information content (AvgIpc) is 2.37. The summed E-state index contributed by atoms with van der Waals surface area (Å²) >= 11 is 0. The number of fused-ring (bicyclic) bond motifs is 1. The molecule has 0 bridgehead atoms. The lowest BCUT2D eigenvalue weighted by Crippen LogP contribution is -2.40. The molecule has 0 unspecified atom stereocenters. The van der Waals surface area contributed by atoms with Gasteiger partial charge in [0.15, 0.2) is 0 Å². The van der Waals surface area contributed by atoms with E-state index in [0.29, 0.717) is 19.4 Å². The first-order valence-corrected chi connectivity index (χ1v) is 6.52. The first-order chi connectivity index (χ1) is 8.72. The number of aryl methyl sites for hydroxylation is 1. The van der Waals surface area contributed by atoms with Crippen LogP contribution in [0.5, 0.6) is 0 Å². The second-order valence-electron chi connectivity index (χ2n) is 4.57. The summed E-state index contributed by atoms with van der Waals surface area (Å²) in [6.07, 6.45) is 2.20. The molecule has 1 amide bonds. The molecule has 0 aliphatic carbocycles. The lowest BCUT2D eigenvalue weighted by molar-refractivity contribution is -0.118. The second-order valence-corrected chi connectivity index (χ2v) is 4.57. The van der Waals surface area contributed by atoms with Gasteiger partial charge in [0, 0.05) is 25.2 Å². The number of carbonyl (C=O) groups is 1. The van der Waals surface area contributed by atoms with Gasteiger partial charge < -0.3 is 10.2 Å². The molecule has 18 heavy (non-hydrogen) atoms. The lowest BCUT2D eigenvalue weighted by Gasteiger charge is -2.29. The molecule has 1 N–H and O–H groups in total. The van der Waals surface area contributed by atoms with E-state index in [0.717, 1.165) is 30.8 Å². The molecule has 0 saturated heterocycles. The third kappa shape index (κ3) is 2.88. The maximum absolute atomic E-state index is 13.2. The van der Waals surface area contributed by atoms with Crippen molar-refractivity contribution < 1.29 is 9.18 Å². The van der Waals surface area contributed by atoms with Crippen LogP contribution in [0.1, 0.15) is 25.3 Å². The maximum atomic E-state index is 13.2. The highest BCUT2D eigenvalue weighted by Gasteiger charge is 2.23. The number of anilines is 1. The van der Waals surface area contributed by atoms with E-state index < -0.39 is 0 Å². The molecule has 3 nitrogen and oxygen atoms in total. The summed E-state index contributed by atoms with van der Waals surface area (Å²) in [5, 5.41) is 3.28. The Morgan fingerprint density at radius 1 is 1.33 bits per heavy atom. The topological polar surface area (TPSA) is 32.3 Å². The number of halogens is 1. The van der Waals surface area contributed by atoms with Crippen molar-refractivity contribution in [2.75, 3.05) is 24.5 Å². The minimum Gasteiger partial charge on any atom is -0.315 e. The van der Waals surface area contributed by atoms with Gasteiger partial charge in [-0.3, -0.25) is 4.79 Å². The second kappa shape index (κ2) is 5.96. The van der Waals surface area contributed by atoms with Gasteiger partial charge in [0.1, 0.15) is 5.82 Å². The molecule has 0 saturated carbocycles. The molecule has 0 fully saturated rings. The summed E-state index contributed by atoms with van der Waals surface area (Å²) in [7, 11) is 0. The Balaban J connectivity index is 2.08. The van der Waals surface area contributed by atoms with Crippen LogP contribution in [0.25, 0.3) is 0 Å². The third-order valence-electron chi connectivity index (χ3n) is 3.18. The van der Waals surface area contributed by atoms with Gasteiger partial charge in [0.25, 0.3) is 0 Å². The molecule has 0 spiro atoms. The summed E-state index contributed by atoms with van der Waals surface area (Å²) in [6, 6.07) is 4.67. The van der Waals surface area contributed by atoms with Crippen molar-refractivity contribution in [3.05, 3.63) is 29.6 Å². The van der Waals surface area contributed by atoms with E-state index in [1.807, 2.05) is 0 Å². The fraction of sp³-hybridized carbons (Fsp3) is 0.500. The molecule has 4 heteroatoms. The zero-order chi connectivity index (χ0) is 13.0. The van der Waals surface area contributed by atoms with Crippen LogP contribution < -0.4 is 10.2 Å². The predicted octanol–water partition coefficient (Wildman–Crippen LogP) is 2.10. The summed E-state index contributed by atoms with van der Waals surface area (Å²) in [5.41, 5.74) is 1.80. The van der Waals surface area contributed by atoms with Crippen molar-refractivity contribution in [2.45, 2.75) is 26.2 Å². The highest BCUT2D eigenvalue weighted by molar-refractivity contribution is 5.96. The summed E-state index contributed by atoms with van der Waals surface area (Å²) in [4.78, 5) is 13.7. The third-order valence-corrected chi connectivity index (χ3v) is 3.18. The zero-order valence-electron chi connectivity index (χ0n) is 10.7. The van der Waals surface area contributed by atoms with Crippen LogP contribution in [-0.2, 0) is 11.2 Å². The van der Waals surface area contributed by atoms with E-state index in [1.165, 1.54) is 12.1 Å². The van der Waals surface area contributed by atoms with Crippen LogP contribution >= 0.6 is 0 Å². The Bertz CT molecular complexity index is 434. The van der Waals surface area contributed by atoms with Gasteiger partial charge in [-0.2, -0.15) is 0 Å². The molecule has 1 aromatic rings. The predicted molar refractivity (Wildman–Crippen MR) is 70.2 cm³/mol. The molecular formula is C14H19FN2O. The van der Waals surface area contributed by atoms with Crippen LogP contribution in [0.15, 0.2) is 18.2 Å². The van der Waals surface area contributed by atoms with E-state index >= 15 is 0 Å². The SMILES string of the molecule is CCCNCCN1C(=O)CCc2cc(F)ccc21. The Hall–Kier alpha value is -1.42. The van der Waals surface area contributed by atoms with Crippen LogP contribution in [0.2, 0.25) is 0 Å². The van der Waals surface area contributed by atoms with Crippen molar-refractivity contribution in [3.8, 4) is 0 Å². The van der Waals surface area contributed by atoms with Crippen molar-refractivity contribution in [1.82, 2.24) is 5.32 Å². The first kappa shape index (κ1) is 13.0. The molecule has 0 aromatic heterocycles. The standard InChI is InChI=1S/C14H19FN2O/c1-2-7-16-8-9-17-13-5-4-12(15)10-11(13)3-6-14(17)18/h4-5,10,16H,2-3,6-9H2,1H3. The van der Waals surface area contributed by atoms with Crippen molar-refractivity contribution in [2.24, 2.45) is 0 Å². The van der Waals surface area contributed by atoms with E-state index in [1.54, 1.807) is 11.0 Å². The van der Waals surface area contributed by atoms with Gasteiger partial charge in [0.05, 0.1) is 0 Å². The highest BCUT2D eigenvalue weighted by atomic mass is 19.1. The smallest absolute Gasteiger partial charge is 0.227 e. The van der Waals surface area contributed by atoms with Gasteiger partial charge in [-0.1, -0.05) is 6.92 Å². The molecule has 98 valence electrons. The summed E-state index contributed by atoms with van der Waals surface area (Å²) in [6.45, 7) is 4.49. The highest BCUT2D eigenvalue weighted by Crippen LogP contribution is 2.27. The lowest BCUT2D eigenvalue weighted by atomic mass is 10.0. The van der Waals surface area contributed by atoms with Crippen molar-refractivity contribution in [1.29, 1.82) is 0 Å². The van der Waals surface area contributed by atoms with E-state index in [-0.39, 0.29) is 11.7 Å².